The Kier molecular flexibility index (Phi) is 1.47. The first kappa shape index (κ1) is 6.58. The minimum absolute atomic E-state index is 0.903. The second-order valence-corrected chi connectivity index (χ2v) is 3.15. The van der Waals surface area contributed by atoms with Crippen LogP contribution in [0.2, 0.25) is 0 Å². The van der Waals surface area contributed by atoms with Gasteiger partial charge in [0.05, 0.1) is 33.9 Å². The van der Waals surface area contributed by atoms with E-state index in [1.807, 2.05) is 6.20 Å². The van der Waals surface area contributed by atoms with Gasteiger partial charge in [0.25, 0.3) is 0 Å². The van der Waals surface area contributed by atoms with Crippen LogP contribution in [0.1, 0.15) is 0 Å². The lowest BCUT2D eigenvalue weighted by atomic mass is 10.4. The number of hydrogen-bond acceptors (Lipinski definition) is 2. The molecule has 1 heterocycles. The van der Waals surface area contributed by atoms with Crippen molar-refractivity contribution in [2.75, 3.05) is 27.7 Å². The molecule has 3 heteroatoms. The Labute approximate surface area is 55.9 Å². The summed E-state index contributed by atoms with van der Waals surface area (Å²) < 4.78 is 0.903. The van der Waals surface area contributed by atoms with Crippen LogP contribution < -0.4 is 10.9 Å². The maximum absolute atomic E-state index is 3.02. The molecular formula is C6H14N3+. The summed E-state index contributed by atoms with van der Waals surface area (Å²) in [5.41, 5.74) is 7.34. The molecule has 1 rings (SSSR count). The van der Waals surface area contributed by atoms with Gasteiger partial charge in [0.1, 0.15) is 5.70 Å². The maximum Gasteiger partial charge on any atom is 0.141 e. The molecule has 0 bridgehead atoms. The van der Waals surface area contributed by atoms with Crippen molar-refractivity contribution in [3.8, 4) is 0 Å². The summed E-state index contributed by atoms with van der Waals surface area (Å²) in [6.45, 7) is 0.948. The Hall–Kier alpha value is -0.540. The zero-order valence-electron chi connectivity index (χ0n) is 6.23. The fourth-order valence-electron chi connectivity index (χ4n) is 0.758. The lowest BCUT2D eigenvalue weighted by Gasteiger charge is -2.23. The van der Waals surface area contributed by atoms with Gasteiger partial charge < -0.3 is 5.43 Å². The zero-order valence-corrected chi connectivity index (χ0v) is 6.23. The molecule has 1 aliphatic heterocycles. The Bertz CT molecular complexity index is 132. The van der Waals surface area contributed by atoms with Crippen molar-refractivity contribution in [1.82, 2.24) is 10.9 Å². The van der Waals surface area contributed by atoms with Gasteiger partial charge in [0, 0.05) is 0 Å². The molecule has 0 saturated heterocycles. The van der Waals surface area contributed by atoms with Crippen LogP contribution in [0.25, 0.3) is 0 Å². The summed E-state index contributed by atoms with van der Waals surface area (Å²) in [4.78, 5) is 0. The first-order valence-electron chi connectivity index (χ1n) is 3.10. The molecule has 0 spiro atoms. The Balaban J connectivity index is 2.61. The third-order valence-corrected chi connectivity index (χ3v) is 1.47. The van der Waals surface area contributed by atoms with Gasteiger partial charge >= 0.3 is 0 Å². The van der Waals surface area contributed by atoms with Crippen LogP contribution in [0.4, 0.5) is 0 Å². The van der Waals surface area contributed by atoms with Gasteiger partial charge in [-0.15, -0.1) is 0 Å². The normalized spacial score (nSPS) is 19.2. The fourth-order valence-corrected chi connectivity index (χ4v) is 0.758. The smallest absolute Gasteiger partial charge is 0.141 e. The molecule has 3 nitrogen and oxygen atoms in total. The van der Waals surface area contributed by atoms with Gasteiger partial charge in [-0.3, -0.25) is 4.48 Å². The van der Waals surface area contributed by atoms with E-state index in [9.17, 15) is 0 Å². The number of hydrogen-bond donors (Lipinski definition) is 2. The predicted octanol–water partition coefficient (Wildman–Crippen LogP) is -0.358. The molecular weight excluding hydrogens is 114 g/mol. The predicted molar refractivity (Wildman–Crippen MR) is 37.3 cm³/mol. The van der Waals surface area contributed by atoms with Crippen molar-refractivity contribution in [3.05, 3.63) is 11.9 Å². The van der Waals surface area contributed by atoms with E-state index in [4.69, 9.17) is 0 Å². The second kappa shape index (κ2) is 2.01. The second-order valence-electron chi connectivity index (χ2n) is 3.15. The molecule has 0 atom stereocenters. The maximum atomic E-state index is 3.02. The van der Waals surface area contributed by atoms with E-state index in [-0.39, 0.29) is 0 Å². The number of nitrogens with zero attached hydrogens (tertiary/aromatic N) is 1. The van der Waals surface area contributed by atoms with E-state index < -0.39 is 0 Å². The van der Waals surface area contributed by atoms with Crippen molar-refractivity contribution in [2.45, 2.75) is 0 Å². The van der Waals surface area contributed by atoms with Crippen LogP contribution in [0.15, 0.2) is 11.9 Å². The number of hydrazine groups is 1. The van der Waals surface area contributed by atoms with Crippen LogP contribution in [0.3, 0.4) is 0 Å². The molecule has 9 heavy (non-hydrogen) atoms. The highest BCUT2D eigenvalue weighted by Gasteiger charge is 2.18. The molecule has 0 saturated carbocycles. The SMILES string of the molecule is C[N+](C)(C)C1=CNNC1. The average Bonchev–Trinajstić information content (AvgIpc) is 2.08. The van der Waals surface area contributed by atoms with Crippen LogP contribution in [-0.4, -0.2) is 32.2 Å². The van der Waals surface area contributed by atoms with Crippen molar-refractivity contribution >= 4 is 0 Å². The highest BCUT2D eigenvalue weighted by Crippen LogP contribution is 2.06. The highest BCUT2D eigenvalue weighted by molar-refractivity contribution is 4.97. The van der Waals surface area contributed by atoms with Crippen molar-refractivity contribution in [1.29, 1.82) is 0 Å². The Morgan fingerprint density at radius 1 is 1.44 bits per heavy atom. The first-order valence-corrected chi connectivity index (χ1v) is 3.10. The molecule has 0 unspecified atom stereocenters. The summed E-state index contributed by atoms with van der Waals surface area (Å²) in [7, 11) is 6.46. The highest BCUT2D eigenvalue weighted by atomic mass is 15.4. The van der Waals surface area contributed by atoms with E-state index in [1.54, 1.807) is 0 Å². The first-order chi connectivity index (χ1) is 4.11. The molecule has 0 amide bonds. The Morgan fingerprint density at radius 2 is 2.11 bits per heavy atom. The van der Waals surface area contributed by atoms with Gasteiger partial charge in [0.2, 0.25) is 0 Å². The number of nitrogens with one attached hydrogen (secondary N) is 2. The lowest BCUT2D eigenvalue weighted by molar-refractivity contribution is -0.831. The minimum atomic E-state index is 0.903. The summed E-state index contributed by atoms with van der Waals surface area (Å²) in [5.74, 6) is 0. The van der Waals surface area contributed by atoms with Gasteiger partial charge in [-0.1, -0.05) is 0 Å². The molecule has 2 N–H and O–H groups in total. The molecule has 0 radical (unpaired) electrons. The third-order valence-electron chi connectivity index (χ3n) is 1.47. The molecule has 52 valence electrons. The molecule has 0 aromatic carbocycles. The summed E-state index contributed by atoms with van der Waals surface area (Å²) >= 11 is 0. The number of likely N-dealkylation sites (N-methyl/N-ethyl adjacent to an activating group) is 1. The van der Waals surface area contributed by atoms with Gasteiger partial charge in [-0.25, -0.2) is 5.43 Å². The standard InChI is InChI=1S/C6H14N3/c1-9(2,3)6-4-7-8-5-6/h4,7-8H,5H2,1-3H3/q+1. The van der Waals surface area contributed by atoms with Crippen LogP contribution in [-0.2, 0) is 0 Å². The van der Waals surface area contributed by atoms with Gasteiger partial charge in [-0.05, 0) is 0 Å². The largest absolute Gasteiger partial charge is 0.323 e. The van der Waals surface area contributed by atoms with Crippen LogP contribution in [0, 0.1) is 0 Å². The van der Waals surface area contributed by atoms with Crippen LogP contribution >= 0.6 is 0 Å². The van der Waals surface area contributed by atoms with Crippen molar-refractivity contribution in [3.63, 3.8) is 0 Å². The zero-order chi connectivity index (χ0) is 6.91. The summed E-state index contributed by atoms with van der Waals surface area (Å²) in [6, 6.07) is 0. The van der Waals surface area contributed by atoms with Crippen molar-refractivity contribution < 1.29 is 4.48 Å². The van der Waals surface area contributed by atoms with E-state index in [0.29, 0.717) is 0 Å². The monoisotopic (exact) mass is 128 g/mol. The third kappa shape index (κ3) is 1.43. The summed E-state index contributed by atoms with van der Waals surface area (Å²) in [6.07, 6.45) is 2.01. The Morgan fingerprint density at radius 3 is 2.33 bits per heavy atom. The molecule has 1 aliphatic rings. The summed E-state index contributed by atoms with van der Waals surface area (Å²) in [5, 5.41) is 0. The molecule has 0 fully saturated rings. The fraction of sp³-hybridized carbons (Fsp3) is 0.667. The lowest BCUT2D eigenvalue weighted by Crippen LogP contribution is -2.35. The molecule has 0 aliphatic carbocycles. The van der Waals surface area contributed by atoms with Crippen molar-refractivity contribution in [2.24, 2.45) is 0 Å². The van der Waals surface area contributed by atoms with E-state index in [0.717, 1.165) is 11.0 Å². The average molecular weight is 128 g/mol. The van der Waals surface area contributed by atoms with Gasteiger partial charge in [0.15, 0.2) is 0 Å². The number of quaternary nitrogens is 1. The molecule has 0 aromatic heterocycles. The molecule has 0 aromatic rings. The number of rotatable bonds is 1. The quantitative estimate of drug-likeness (QED) is 0.471. The van der Waals surface area contributed by atoms with E-state index in [2.05, 4.69) is 32.0 Å². The van der Waals surface area contributed by atoms with E-state index >= 15 is 0 Å². The van der Waals surface area contributed by atoms with Gasteiger partial charge in [-0.2, -0.15) is 0 Å². The minimum Gasteiger partial charge on any atom is -0.323 e. The topological polar surface area (TPSA) is 24.1 Å². The van der Waals surface area contributed by atoms with E-state index in [1.165, 1.54) is 5.70 Å². The van der Waals surface area contributed by atoms with Crippen LogP contribution in [0.5, 0.6) is 0 Å².